The van der Waals surface area contributed by atoms with Gasteiger partial charge in [-0.1, -0.05) is 33.1 Å². The monoisotopic (exact) mass is 266 g/mol. The minimum Gasteiger partial charge on any atom is -0.493 e. The molecule has 2 N–H and O–H groups in total. The van der Waals surface area contributed by atoms with Gasteiger partial charge in [0.05, 0.1) is 17.6 Å². The second-order valence-corrected chi connectivity index (χ2v) is 4.71. The number of rotatable bonds is 8. The van der Waals surface area contributed by atoms with E-state index in [9.17, 15) is 10.1 Å². The van der Waals surface area contributed by atoms with E-state index in [1.54, 1.807) is 6.07 Å². The Morgan fingerprint density at radius 1 is 1.42 bits per heavy atom. The quantitative estimate of drug-likeness (QED) is 0.441. The molecule has 1 atom stereocenters. The lowest BCUT2D eigenvalue weighted by Gasteiger charge is -2.15. The van der Waals surface area contributed by atoms with Crippen LogP contribution >= 0.6 is 0 Å². The predicted molar refractivity (Wildman–Crippen MR) is 76.3 cm³/mol. The van der Waals surface area contributed by atoms with Crippen molar-refractivity contribution in [3.63, 3.8) is 0 Å². The molecule has 0 aliphatic rings. The summed E-state index contributed by atoms with van der Waals surface area (Å²) in [6.07, 6.45) is 4.54. The standard InChI is InChI=1S/C14H22N2O3/c1-3-5-6-11(4-2)10-19-12-7-8-13(15)14(9-12)16(17)18/h7-9,11H,3-6,10,15H2,1-2H3. The fraction of sp³-hybridized carbons (Fsp3) is 0.571. The molecule has 1 aromatic rings. The maximum atomic E-state index is 10.8. The van der Waals surface area contributed by atoms with E-state index in [0.717, 1.165) is 12.8 Å². The van der Waals surface area contributed by atoms with Crippen molar-refractivity contribution in [2.75, 3.05) is 12.3 Å². The van der Waals surface area contributed by atoms with Crippen molar-refractivity contribution in [1.29, 1.82) is 0 Å². The third-order valence-corrected chi connectivity index (χ3v) is 3.23. The molecule has 0 radical (unpaired) electrons. The van der Waals surface area contributed by atoms with Crippen molar-refractivity contribution in [1.82, 2.24) is 0 Å². The molecule has 0 amide bonds. The van der Waals surface area contributed by atoms with Gasteiger partial charge >= 0.3 is 0 Å². The zero-order chi connectivity index (χ0) is 14.3. The molecule has 1 unspecified atom stereocenters. The van der Waals surface area contributed by atoms with Crippen LogP contribution in [0, 0.1) is 16.0 Å². The summed E-state index contributed by atoms with van der Waals surface area (Å²) in [4.78, 5) is 10.3. The molecule has 0 bridgehead atoms. The molecule has 0 aliphatic heterocycles. The summed E-state index contributed by atoms with van der Waals surface area (Å²) in [5.41, 5.74) is 5.61. The van der Waals surface area contributed by atoms with Gasteiger partial charge in [0.15, 0.2) is 0 Å². The molecular weight excluding hydrogens is 244 g/mol. The Morgan fingerprint density at radius 2 is 2.16 bits per heavy atom. The Hall–Kier alpha value is -1.78. The first-order valence-electron chi connectivity index (χ1n) is 6.75. The third-order valence-electron chi connectivity index (χ3n) is 3.23. The highest BCUT2D eigenvalue weighted by atomic mass is 16.6. The molecule has 0 saturated heterocycles. The molecular formula is C14H22N2O3. The second-order valence-electron chi connectivity index (χ2n) is 4.71. The zero-order valence-electron chi connectivity index (χ0n) is 11.6. The van der Waals surface area contributed by atoms with Gasteiger partial charge in [0.2, 0.25) is 0 Å². The van der Waals surface area contributed by atoms with Crippen LogP contribution in [-0.4, -0.2) is 11.5 Å². The molecule has 5 nitrogen and oxygen atoms in total. The molecule has 0 aliphatic carbocycles. The van der Waals surface area contributed by atoms with Gasteiger partial charge < -0.3 is 10.5 Å². The highest BCUT2D eigenvalue weighted by Gasteiger charge is 2.13. The van der Waals surface area contributed by atoms with E-state index in [4.69, 9.17) is 10.5 Å². The second kappa shape index (κ2) is 7.61. The first-order chi connectivity index (χ1) is 9.08. The van der Waals surface area contributed by atoms with E-state index in [-0.39, 0.29) is 11.4 Å². The Balaban J connectivity index is 2.61. The van der Waals surface area contributed by atoms with Crippen LogP contribution in [0.2, 0.25) is 0 Å². The Morgan fingerprint density at radius 3 is 2.74 bits per heavy atom. The molecule has 0 fully saturated rings. The van der Waals surface area contributed by atoms with Gasteiger partial charge in [0, 0.05) is 0 Å². The average Bonchev–Trinajstić information content (AvgIpc) is 2.40. The summed E-state index contributed by atoms with van der Waals surface area (Å²) in [5.74, 6) is 1.01. The SMILES string of the molecule is CCCCC(CC)COc1ccc(N)c([N+](=O)[O-])c1. The lowest BCUT2D eigenvalue weighted by atomic mass is 10.0. The number of hydrogen-bond acceptors (Lipinski definition) is 4. The summed E-state index contributed by atoms with van der Waals surface area (Å²) in [6, 6.07) is 4.58. The molecule has 19 heavy (non-hydrogen) atoms. The number of nitrogen functional groups attached to an aromatic ring is 1. The van der Waals surface area contributed by atoms with Gasteiger partial charge in [-0.3, -0.25) is 10.1 Å². The lowest BCUT2D eigenvalue weighted by Crippen LogP contribution is -2.11. The number of ether oxygens (including phenoxy) is 1. The maximum absolute atomic E-state index is 10.8. The Labute approximate surface area is 113 Å². The number of unbranched alkanes of at least 4 members (excludes halogenated alkanes) is 1. The van der Waals surface area contributed by atoms with Crippen LogP contribution in [0.4, 0.5) is 11.4 Å². The highest BCUT2D eigenvalue weighted by molar-refractivity contribution is 5.60. The number of nitro benzene ring substituents is 1. The minimum absolute atomic E-state index is 0.0980. The van der Waals surface area contributed by atoms with Crippen molar-refractivity contribution in [2.24, 2.45) is 5.92 Å². The van der Waals surface area contributed by atoms with Crippen LogP contribution in [0.5, 0.6) is 5.75 Å². The van der Waals surface area contributed by atoms with E-state index in [1.807, 2.05) is 0 Å². The molecule has 0 aromatic heterocycles. The summed E-state index contributed by atoms with van der Waals surface area (Å²) < 4.78 is 5.64. The normalized spacial score (nSPS) is 12.1. The third kappa shape index (κ3) is 4.77. The van der Waals surface area contributed by atoms with Crippen LogP contribution in [0.3, 0.4) is 0 Å². The van der Waals surface area contributed by atoms with Crippen molar-refractivity contribution in [2.45, 2.75) is 39.5 Å². The summed E-state index contributed by atoms with van der Waals surface area (Å²) >= 11 is 0. The van der Waals surface area contributed by atoms with Crippen LogP contribution in [0.1, 0.15) is 39.5 Å². The number of anilines is 1. The number of benzene rings is 1. The van der Waals surface area contributed by atoms with Crippen LogP contribution in [0.25, 0.3) is 0 Å². The van der Waals surface area contributed by atoms with Crippen LogP contribution in [0.15, 0.2) is 18.2 Å². The summed E-state index contributed by atoms with van der Waals surface area (Å²) in [6.45, 7) is 4.89. The van der Waals surface area contributed by atoms with Gasteiger partial charge in [-0.25, -0.2) is 0 Å². The van der Waals surface area contributed by atoms with Gasteiger partial charge in [0.25, 0.3) is 5.69 Å². The summed E-state index contributed by atoms with van der Waals surface area (Å²) in [7, 11) is 0. The minimum atomic E-state index is -0.490. The van der Waals surface area contributed by atoms with E-state index < -0.39 is 4.92 Å². The topological polar surface area (TPSA) is 78.4 Å². The lowest BCUT2D eigenvalue weighted by molar-refractivity contribution is -0.384. The summed E-state index contributed by atoms with van der Waals surface area (Å²) in [5, 5.41) is 10.8. The molecule has 1 aromatic carbocycles. The van der Waals surface area contributed by atoms with Crippen LogP contribution < -0.4 is 10.5 Å². The predicted octanol–water partition coefficient (Wildman–Crippen LogP) is 3.77. The Kier molecular flexibility index (Phi) is 6.12. The van der Waals surface area contributed by atoms with E-state index in [2.05, 4.69) is 13.8 Å². The number of nitrogens with zero attached hydrogens (tertiary/aromatic N) is 1. The van der Waals surface area contributed by atoms with Crippen molar-refractivity contribution < 1.29 is 9.66 Å². The maximum Gasteiger partial charge on any atom is 0.295 e. The molecule has 106 valence electrons. The molecule has 0 spiro atoms. The first-order valence-corrected chi connectivity index (χ1v) is 6.75. The highest BCUT2D eigenvalue weighted by Crippen LogP contribution is 2.27. The number of nitrogens with two attached hydrogens (primary N) is 1. The molecule has 0 saturated carbocycles. The van der Waals surface area contributed by atoms with Gasteiger partial charge in [-0.05, 0) is 24.5 Å². The molecule has 1 rings (SSSR count). The molecule has 0 heterocycles. The van der Waals surface area contributed by atoms with Crippen molar-refractivity contribution in [3.05, 3.63) is 28.3 Å². The Bertz CT molecular complexity index is 421. The molecule has 5 heteroatoms. The largest absolute Gasteiger partial charge is 0.493 e. The van der Waals surface area contributed by atoms with Gasteiger partial charge in [0.1, 0.15) is 11.4 Å². The zero-order valence-corrected chi connectivity index (χ0v) is 11.6. The fourth-order valence-corrected chi connectivity index (χ4v) is 1.88. The van der Waals surface area contributed by atoms with E-state index in [0.29, 0.717) is 18.3 Å². The van der Waals surface area contributed by atoms with Crippen molar-refractivity contribution in [3.8, 4) is 5.75 Å². The fourth-order valence-electron chi connectivity index (χ4n) is 1.88. The van der Waals surface area contributed by atoms with E-state index in [1.165, 1.54) is 25.0 Å². The smallest absolute Gasteiger partial charge is 0.295 e. The first kappa shape index (κ1) is 15.3. The van der Waals surface area contributed by atoms with Gasteiger partial charge in [-0.15, -0.1) is 0 Å². The van der Waals surface area contributed by atoms with Crippen LogP contribution in [-0.2, 0) is 0 Å². The number of hydrogen-bond donors (Lipinski definition) is 1. The van der Waals surface area contributed by atoms with E-state index >= 15 is 0 Å². The average molecular weight is 266 g/mol. The number of nitro groups is 1. The van der Waals surface area contributed by atoms with Crippen molar-refractivity contribution >= 4 is 11.4 Å². The van der Waals surface area contributed by atoms with Gasteiger partial charge in [-0.2, -0.15) is 0 Å².